The molecule has 0 aliphatic carbocycles. The quantitative estimate of drug-likeness (QED) is 0.757. The van der Waals surface area contributed by atoms with E-state index in [-0.39, 0.29) is 0 Å². The topological polar surface area (TPSA) is 84.9 Å². The van der Waals surface area contributed by atoms with Gasteiger partial charge in [-0.15, -0.1) is 11.3 Å². The number of H-pyrrole nitrogens is 1. The first-order valence-electron chi connectivity index (χ1n) is 5.16. The predicted molar refractivity (Wildman–Crippen MR) is 73.5 cm³/mol. The molecule has 1 aromatic carbocycles. The molecule has 92 valence electrons. The number of nitrogens with one attached hydrogen (secondary N) is 1. The zero-order valence-corrected chi connectivity index (χ0v) is 11.5. The summed E-state index contributed by atoms with van der Waals surface area (Å²) in [5.74, 6) is -0.451. The molecular weight excluding hydrogens is 318 g/mol. The number of thiazole rings is 1. The van der Waals surface area contributed by atoms with Crippen molar-refractivity contribution in [3.05, 3.63) is 38.4 Å². The minimum Gasteiger partial charge on any atom is -0.408 e. The summed E-state index contributed by atoms with van der Waals surface area (Å²) in [6, 6.07) is 5.51. The average molecular weight is 326 g/mol. The summed E-state index contributed by atoms with van der Waals surface area (Å²) in [6.45, 7) is 0.411. The smallest absolute Gasteiger partial charge is 0.408 e. The molecule has 0 saturated carbocycles. The average Bonchev–Trinajstić information content (AvgIpc) is 2.89. The van der Waals surface area contributed by atoms with Crippen molar-refractivity contribution in [2.24, 2.45) is 5.73 Å². The number of aromatic nitrogens is 2. The molecule has 0 aliphatic heterocycles. The van der Waals surface area contributed by atoms with Gasteiger partial charge < -0.3 is 10.2 Å². The van der Waals surface area contributed by atoms with E-state index in [1.54, 1.807) is 6.07 Å². The Balaban J connectivity index is 2.18. The van der Waals surface area contributed by atoms with Gasteiger partial charge in [0.2, 0.25) is 0 Å². The third-order valence-corrected chi connectivity index (χ3v) is 4.45. The maximum absolute atomic E-state index is 11.1. The van der Waals surface area contributed by atoms with Gasteiger partial charge in [-0.1, -0.05) is 0 Å². The summed E-state index contributed by atoms with van der Waals surface area (Å²) in [4.78, 5) is 19.0. The highest BCUT2D eigenvalue weighted by Crippen LogP contribution is 2.34. The summed E-state index contributed by atoms with van der Waals surface area (Å²) < 4.78 is 5.72. The fourth-order valence-corrected chi connectivity index (χ4v) is 3.34. The van der Waals surface area contributed by atoms with Gasteiger partial charge in [-0.3, -0.25) is 4.98 Å². The first-order chi connectivity index (χ1) is 8.67. The van der Waals surface area contributed by atoms with Crippen molar-refractivity contribution in [2.75, 3.05) is 0 Å². The summed E-state index contributed by atoms with van der Waals surface area (Å²) in [7, 11) is 0. The standard InChI is InChI=1S/C11H8BrN3O2S/c12-10-9(18-8(4-13)15-10)5-1-2-7-6(3-5)14-11(16)17-7/h1-3H,4,13H2,(H,14,16). The number of benzene rings is 1. The molecule has 0 atom stereocenters. The number of oxazole rings is 1. The Morgan fingerprint density at radius 1 is 1.50 bits per heavy atom. The second-order valence-electron chi connectivity index (χ2n) is 3.66. The maximum atomic E-state index is 11.1. The lowest BCUT2D eigenvalue weighted by Crippen LogP contribution is -1.93. The zero-order chi connectivity index (χ0) is 12.7. The first kappa shape index (κ1) is 11.6. The number of hydrogen-bond acceptors (Lipinski definition) is 5. The van der Waals surface area contributed by atoms with Gasteiger partial charge in [-0.2, -0.15) is 0 Å². The third kappa shape index (κ3) is 1.90. The van der Waals surface area contributed by atoms with Crippen molar-refractivity contribution in [1.82, 2.24) is 9.97 Å². The van der Waals surface area contributed by atoms with Crippen LogP contribution in [-0.2, 0) is 6.54 Å². The molecule has 2 heterocycles. The Morgan fingerprint density at radius 3 is 3.06 bits per heavy atom. The molecule has 0 unspecified atom stereocenters. The molecule has 5 nitrogen and oxygen atoms in total. The number of nitrogens with two attached hydrogens (primary N) is 1. The molecule has 0 spiro atoms. The van der Waals surface area contributed by atoms with Crippen LogP contribution in [0, 0.1) is 0 Å². The fraction of sp³-hybridized carbons (Fsp3) is 0.0909. The molecule has 0 fully saturated rings. The molecule has 3 rings (SSSR count). The van der Waals surface area contributed by atoms with Crippen LogP contribution < -0.4 is 11.5 Å². The molecule has 3 N–H and O–H groups in total. The highest BCUT2D eigenvalue weighted by atomic mass is 79.9. The minimum absolute atomic E-state index is 0.411. The summed E-state index contributed by atoms with van der Waals surface area (Å²) in [5.41, 5.74) is 7.75. The summed E-state index contributed by atoms with van der Waals surface area (Å²) in [5, 5.41) is 0.859. The van der Waals surface area contributed by atoms with Crippen LogP contribution in [0.2, 0.25) is 0 Å². The lowest BCUT2D eigenvalue weighted by Gasteiger charge is -1.97. The highest BCUT2D eigenvalue weighted by molar-refractivity contribution is 9.10. The molecule has 0 aliphatic rings. The molecule has 7 heteroatoms. The van der Waals surface area contributed by atoms with Crippen molar-refractivity contribution in [2.45, 2.75) is 6.54 Å². The van der Waals surface area contributed by atoms with Crippen molar-refractivity contribution in [3.63, 3.8) is 0 Å². The summed E-state index contributed by atoms with van der Waals surface area (Å²) >= 11 is 4.93. The molecule has 0 saturated heterocycles. The maximum Gasteiger partial charge on any atom is 0.417 e. The SMILES string of the molecule is NCc1nc(Br)c(-c2ccc3oc(=O)[nH]c3c2)s1. The molecule has 2 aromatic heterocycles. The van der Waals surface area contributed by atoms with Crippen LogP contribution >= 0.6 is 27.3 Å². The van der Waals surface area contributed by atoms with Crippen LogP contribution in [0.15, 0.2) is 32.0 Å². The van der Waals surface area contributed by atoms with Crippen molar-refractivity contribution in [1.29, 1.82) is 0 Å². The molecular formula is C11H8BrN3O2S. The number of rotatable bonds is 2. The van der Waals surface area contributed by atoms with Crippen LogP contribution in [0.1, 0.15) is 5.01 Å². The van der Waals surface area contributed by atoms with Gasteiger partial charge in [0.1, 0.15) is 9.61 Å². The van der Waals surface area contributed by atoms with Crippen LogP contribution in [0.25, 0.3) is 21.5 Å². The Hall–Kier alpha value is -1.44. The molecule has 18 heavy (non-hydrogen) atoms. The molecule has 0 bridgehead atoms. The Labute approximate surface area is 114 Å². The van der Waals surface area contributed by atoms with Crippen LogP contribution in [0.3, 0.4) is 0 Å². The van der Waals surface area contributed by atoms with Gasteiger partial charge in [-0.25, -0.2) is 9.78 Å². The Kier molecular flexibility index (Phi) is 2.81. The first-order valence-corrected chi connectivity index (χ1v) is 6.77. The largest absolute Gasteiger partial charge is 0.417 e. The number of fused-ring (bicyclic) bond motifs is 1. The van der Waals surface area contributed by atoms with Crippen LogP contribution in [0.4, 0.5) is 0 Å². The van der Waals surface area contributed by atoms with E-state index < -0.39 is 5.76 Å². The number of hydrogen-bond donors (Lipinski definition) is 2. The second-order valence-corrected chi connectivity index (χ2v) is 5.49. The minimum atomic E-state index is -0.451. The lowest BCUT2D eigenvalue weighted by atomic mass is 10.2. The van der Waals surface area contributed by atoms with Gasteiger partial charge in [-0.05, 0) is 39.7 Å². The second kappa shape index (κ2) is 4.34. The highest BCUT2D eigenvalue weighted by Gasteiger charge is 2.11. The van der Waals surface area contributed by atoms with Gasteiger partial charge in [0.15, 0.2) is 5.58 Å². The lowest BCUT2D eigenvalue weighted by molar-refractivity contribution is 0.555. The van der Waals surface area contributed by atoms with E-state index in [1.807, 2.05) is 12.1 Å². The molecule has 0 radical (unpaired) electrons. The molecule has 3 aromatic rings. The van der Waals surface area contributed by atoms with Gasteiger partial charge in [0.05, 0.1) is 10.4 Å². The van der Waals surface area contributed by atoms with E-state index in [2.05, 4.69) is 25.9 Å². The third-order valence-electron chi connectivity index (χ3n) is 2.49. The van der Waals surface area contributed by atoms with E-state index in [0.29, 0.717) is 17.6 Å². The van der Waals surface area contributed by atoms with E-state index in [0.717, 1.165) is 20.1 Å². The van der Waals surface area contributed by atoms with E-state index in [1.165, 1.54) is 11.3 Å². The van der Waals surface area contributed by atoms with Crippen LogP contribution in [0.5, 0.6) is 0 Å². The molecule has 0 amide bonds. The van der Waals surface area contributed by atoms with E-state index >= 15 is 0 Å². The van der Waals surface area contributed by atoms with Crippen molar-refractivity contribution >= 4 is 38.4 Å². The van der Waals surface area contributed by atoms with Gasteiger partial charge in [0.25, 0.3) is 0 Å². The fourth-order valence-electron chi connectivity index (χ4n) is 1.70. The van der Waals surface area contributed by atoms with Crippen LogP contribution in [-0.4, -0.2) is 9.97 Å². The van der Waals surface area contributed by atoms with Crippen molar-refractivity contribution < 1.29 is 4.42 Å². The predicted octanol–water partition coefficient (Wildman–Crippen LogP) is 2.47. The number of halogens is 1. The number of aromatic amines is 1. The summed E-state index contributed by atoms with van der Waals surface area (Å²) in [6.07, 6.45) is 0. The van der Waals surface area contributed by atoms with E-state index in [4.69, 9.17) is 10.2 Å². The Morgan fingerprint density at radius 2 is 2.33 bits per heavy atom. The monoisotopic (exact) mass is 325 g/mol. The normalized spacial score (nSPS) is 11.2. The Bertz CT molecular complexity index is 774. The van der Waals surface area contributed by atoms with Crippen molar-refractivity contribution in [3.8, 4) is 10.4 Å². The van der Waals surface area contributed by atoms with Gasteiger partial charge in [0, 0.05) is 6.54 Å². The van der Waals surface area contributed by atoms with E-state index in [9.17, 15) is 4.79 Å². The number of nitrogens with zero attached hydrogens (tertiary/aromatic N) is 1. The zero-order valence-electron chi connectivity index (χ0n) is 9.07. The van der Waals surface area contributed by atoms with Gasteiger partial charge >= 0.3 is 5.76 Å².